The monoisotopic (exact) mass is 386 g/mol. The van der Waals surface area contributed by atoms with E-state index in [2.05, 4.69) is 37.4 Å². The number of rotatable bonds is 6. The van der Waals surface area contributed by atoms with E-state index >= 15 is 0 Å². The molecule has 0 saturated carbocycles. The van der Waals surface area contributed by atoms with Crippen LogP contribution in [0.4, 0.5) is 11.4 Å². The van der Waals surface area contributed by atoms with Crippen LogP contribution < -0.4 is 9.62 Å². The van der Waals surface area contributed by atoms with E-state index < -0.39 is 10.0 Å². The minimum atomic E-state index is -3.29. The zero-order valence-corrected chi connectivity index (χ0v) is 16.9. The average Bonchev–Trinajstić information content (AvgIpc) is 3.01. The second-order valence-corrected chi connectivity index (χ2v) is 9.16. The van der Waals surface area contributed by atoms with Crippen LogP contribution in [-0.4, -0.2) is 27.1 Å². The summed E-state index contributed by atoms with van der Waals surface area (Å²) in [5.41, 5.74) is 6.09. The van der Waals surface area contributed by atoms with E-state index in [0.29, 0.717) is 30.8 Å². The van der Waals surface area contributed by atoms with Gasteiger partial charge in [-0.25, -0.2) is 8.42 Å². The molecular weight excluding hydrogens is 360 g/mol. The summed E-state index contributed by atoms with van der Waals surface area (Å²) in [4.78, 5) is 12.3. The SMILES string of the molecule is Cc1ccc(CCCC(=O)Nc2ccc3c(c2)N(S(C)(=O)=O)CC3)cc1C. The Kier molecular flexibility index (Phi) is 5.56. The first kappa shape index (κ1) is 19.4. The normalized spacial score (nSPS) is 13.5. The molecule has 144 valence electrons. The molecule has 1 aliphatic rings. The van der Waals surface area contributed by atoms with Crippen molar-refractivity contribution in [1.82, 2.24) is 0 Å². The third kappa shape index (κ3) is 4.69. The molecule has 2 aromatic rings. The topological polar surface area (TPSA) is 66.5 Å². The standard InChI is InChI=1S/C21H26N2O3S/c1-15-7-8-17(13-16(15)2)5-4-6-21(24)22-19-10-9-18-11-12-23(20(18)14-19)27(3,25)26/h7-10,13-14H,4-6,11-12H2,1-3H3,(H,22,24). The van der Waals surface area contributed by atoms with E-state index in [9.17, 15) is 13.2 Å². The smallest absolute Gasteiger partial charge is 0.232 e. The number of hydrogen-bond acceptors (Lipinski definition) is 3. The highest BCUT2D eigenvalue weighted by Gasteiger charge is 2.26. The van der Waals surface area contributed by atoms with Crippen LogP contribution in [0.2, 0.25) is 0 Å². The van der Waals surface area contributed by atoms with Gasteiger partial charge in [0.25, 0.3) is 0 Å². The van der Waals surface area contributed by atoms with Crippen molar-refractivity contribution in [2.24, 2.45) is 0 Å². The first-order valence-electron chi connectivity index (χ1n) is 9.20. The number of nitrogens with zero attached hydrogens (tertiary/aromatic N) is 1. The zero-order valence-electron chi connectivity index (χ0n) is 16.1. The van der Waals surface area contributed by atoms with Crippen LogP contribution >= 0.6 is 0 Å². The summed E-state index contributed by atoms with van der Waals surface area (Å²) < 4.78 is 25.2. The molecule has 0 aliphatic carbocycles. The number of hydrogen-bond donors (Lipinski definition) is 1. The molecule has 1 aliphatic heterocycles. The molecule has 3 rings (SSSR count). The number of fused-ring (bicyclic) bond motifs is 1. The largest absolute Gasteiger partial charge is 0.326 e. The lowest BCUT2D eigenvalue weighted by Gasteiger charge is -2.17. The summed E-state index contributed by atoms with van der Waals surface area (Å²) in [7, 11) is -3.29. The number of anilines is 2. The molecule has 6 heteroatoms. The van der Waals surface area contributed by atoms with Crippen LogP contribution in [0.3, 0.4) is 0 Å². The van der Waals surface area contributed by atoms with Gasteiger partial charge in [-0.1, -0.05) is 24.3 Å². The van der Waals surface area contributed by atoms with Crippen LogP contribution in [0.1, 0.15) is 35.1 Å². The number of aryl methyl sites for hydroxylation is 3. The van der Waals surface area contributed by atoms with Crippen molar-refractivity contribution in [3.05, 3.63) is 58.7 Å². The Bertz CT molecular complexity index is 967. The molecule has 1 amide bonds. The van der Waals surface area contributed by atoms with Crippen molar-refractivity contribution in [2.45, 2.75) is 39.5 Å². The third-order valence-electron chi connectivity index (χ3n) is 5.06. The van der Waals surface area contributed by atoms with E-state index in [4.69, 9.17) is 0 Å². The molecule has 2 aromatic carbocycles. The van der Waals surface area contributed by atoms with Gasteiger partial charge in [-0.05, 0) is 67.5 Å². The van der Waals surface area contributed by atoms with E-state index in [1.54, 1.807) is 6.07 Å². The van der Waals surface area contributed by atoms with Crippen LogP contribution in [-0.2, 0) is 27.7 Å². The second-order valence-electron chi connectivity index (χ2n) is 7.25. The van der Waals surface area contributed by atoms with Crippen LogP contribution in [0, 0.1) is 13.8 Å². The van der Waals surface area contributed by atoms with Crippen molar-refractivity contribution >= 4 is 27.3 Å². The van der Waals surface area contributed by atoms with Gasteiger partial charge in [0.1, 0.15) is 0 Å². The summed E-state index contributed by atoms with van der Waals surface area (Å²) in [6.45, 7) is 4.65. The van der Waals surface area contributed by atoms with E-state index in [1.807, 2.05) is 12.1 Å². The van der Waals surface area contributed by atoms with Gasteiger partial charge in [0.05, 0.1) is 11.9 Å². The first-order chi connectivity index (χ1) is 12.7. The molecule has 0 fully saturated rings. The molecule has 0 unspecified atom stereocenters. The summed E-state index contributed by atoms with van der Waals surface area (Å²) in [6, 6.07) is 11.9. The first-order valence-corrected chi connectivity index (χ1v) is 11.1. The van der Waals surface area contributed by atoms with E-state index in [-0.39, 0.29) is 5.91 Å². The van der Waals surface area contributed by atoms with Crippen molar-refractivity contribution in [3.8, 4) is 0 Å². The summed E-state index contributed by atoms with van der Waals surface area (Å²) >= 11 is 0. The Balaban J connectivity index is 1.58. The number of benzene rings is 2. The quantitative estimate of drug-likeness (QED) is 0.825. The van der Waals surface area contributed by atoms with Crippen LogP contribution in [0.15, 0.2) is 36.4 Å². The lowest BCUT2D eigenvalue weighted by molar-refractivity contribution is -0.116. The van der Waals surface area contributed by atoms with E-state index in [0.717, 1.165) is 18.4 Å². The van der Waals surface area contributed by atoms with Gasteiger partial charge < -0.3 is 5.32 Å². The van der Waals surface area contributed by atoms with Gasteiger partial charge in [0.15, 0.2) is 0 Å². The highest BCUT2D eigenvalue weighted by Crippen LogP contribution is 2.32. The van der Waals surface area contributed by atoms with E-state index in [1.165, 1.54) is 27.3 Å². The number of amides is 1. The van der Waals surface area contributed by atoms with Crippen molar-refractivity contribution in [2.75, 3.05) is 22.4 Å². The van der Waals surface area contributed by atoms with Gasteiger partial charge in [-0.2, -0.15) is 0 Å². The minimum Gasteiger partial charge on any atom is -0.326 e. The Morgan fingerprint density at radius 2 is 1.89 bits per heavy atom. The van der Waals surface area contributed by atoms with Gasteiger partial charge in [0, 0.05) is 18.7 Å². The average molecular weight is 387 g/mol. The lowest BCUT2D eigenvalue weighted by atomic mass is 10.0. The lowest BCUT2D eigenvalue weighted by Crippen LogP contribution is -2.27. The molecule has 27 heavy (non-hydrogen) atoms. The highest BCUT2D eigenvalue weighted by molar-refractivity contribution is 7.92. The number of sulfonamides is 1. The summed E-state index contributed by atoms with van der Waals surface area (Å²) in [6.07, 6.45) is 3.97. The van der Waals surface area contributed by atoms with Gasteiger partial charge in [-0.3, -0.25) is 9.10 Å². The predicted molar refractivity (Wildman–Crippen MR) is 110 cm³/mol. The molecule has 1 heterocycles. The maximum Gasteiger partial charge on any atom is 0.232 e. The predicted octanol–water partition coefficient (Wildman–Crippen LogP) is 3.59. The van der Waals surface area contributed by atoms with Crippen LogP contribution in [0.25, 0.3) is 0 Å². The molecule has 0 saturated heterocycles. The van der Waals surface area contributed by atoms with Crippen molar-refractivity contribution < 1.29 is 13.2 Å². The van der Waals surface area contributed by atoms with Crippen molar-refractivity contribution in [1.29, 1.82) is 0 Å². The third-order valence-corrected chi connectivity index (χ3v) is 6.24. The van der Waals surface area contributed by atoms with Gasteiger partial charge >= 0.3 is 0 Å². The molecule has 0 atom stereocenters. The number of carbonyl (C=O) groups excluding carboxylic acids is 1. The minimum absolute atomic E-state index is 0.0531. The molecular formula is C21H26N2O3S. The van der Waals surface area contributed by atoms with Gasteiger partial charge in [0.2, 0.25) is 15.9 Å². The summed E-state index contributed by atoms with van der Waals surface area (Å²) in [5.74, 6) is -0.0531. The molecule has 5 nitrogen and oxygen atoms in total. The molecule has 0 bridgehead atoms. The molecule has 1 N–H and O–H groups in total. The molecule has 0 spiro atoms. The molecule has 0 aromatic heterocycles. The highest BCUT2D eigenvalue weighted by atomic mass is 32.2. The van der Waals surface area contributed by atoms with Crippen LogP contribution in [0.5, 0.6) is 0 Å². The Morgan fingerprint density at radius 3 is 2.59 bits per heavy atom. The Morgan fingerprint density at radius 1 is 1.11 bits per heavy atom. The molecule has 0 radical (unpaired) electrons. The maximum atomic E-state index is 12.3. The number of carbonyl (C=O) groups is 1. The fraction of sp³-hybridized carbons (Fsp3) is 0.381. The summed E-state index contributed by atoms with van der Waals surface area (Å²) in [5, 5.41) is 2.89. The fourth-order valence-corrected chi connectivity index (χ4v) is 4.36. The zero-order chi connectivity index (χ0) is 19.6. The maximum absolute atomic E-state index is 12.3. The second kappa shape index (κ2) is 7.72. The Labute approximate surface area is 161 Å². The van der Waals surface area contributed by atoms with Gasteiger partial charge in [-0.15, -0.1) is 0 Å². The van der Waals surface area contributed by atoms with Crippen molar-refractivity contribution in [3.63, 3.8) is 0 Å². The fourth-order valence-electron chi connectivity index (χ4n) is 3.41. The number of nitrogens with one attached hydrogen (secondary N) is 1. The Hall–Kier alpha value is -2.34.